The molecule has 6 nitrogen and oxygen atoms in total. The smallest absolute Gasteiger partial charge is 0.270 e. The number of nitrogens with zero attached hydrogens (tertiary/aromatic N) is 1. The van der Waals surface area contributed by atoms with E-state index in [1.165, 1.54) is 11.1 Å². The summed E-state index contributed by atoms with van der Waals surface area (Å²) >= 11 is 0. The van der Waals surface area contributed by atoms with Crippen LogP contribution < -0.4 is 15.5 Å². The van der Waals surface area contributed by atoms with Crippen LogP contribution in [-0.2, 0) is 11.2 Å². The maximum absolute atomic E-state index is 12.5. The summed E-state index contributed by atoms with van der Waals surface area (Å²) in [4.78, 5) is 24.9. The van der Waals surface area contributed by atoms with Crippen molar-refractivity contribution in [1.82, 2.24) is 9.99 Å². The molecule has 2 N–H and O–H groups in total. The standard InChI is InChI=1S/C25H27N3O3/c1-17-10-11-18(2)28(17)27-25(30)20-12-14-21(15-13-20)31-16-24(29)26-23-9-5-7-19-6-3-4-8-22(19)23/h3-4,6,8,10-15,23H,5,7,9,16H2,1-2H3,(H,26,29)(H,27,30)/t23-/m0/s1. The van der Waals surface area contributed by atoms with Gasteiger partial charge >= 0.3 is 0 Å². The second kappa shape index (κ2) is 9.08. The summed E-state index contributed by atoms with van der Waals surface area (Å²) in [6.45, 7) is 3.80. The van der Waals surface area contributed by atoms with Crippen LogP contribution in [0.1, 0.15) is 51.8 Å². The number of ether oxygens (including phenoxy) is 1. The van der Waals surface area contributed by atoms with E-state index in [-0.39, 0.29) is 24.5 Å². The molecule has 6 heteroatoms. The van der Waals surface area contributed by atoms with Crippen LogP contribution in [0.25, 0.3) is 0 Å². The van der Waals surface area contributed by atoms with Crippen molar-refractivity contribution in [3.05, 3.63) is 88.7 Å². The summed E-state index contributed by atoms with van der Waals surface area (Å²) in [5.74, 6) is 0.189. The van der Waals surface area contributed by atoms with Crippen molar-refractivity contribution in [2.75, 3.05) is 12.0 Å². The number of aromatic nitrogens is 1. The molecule has 3 aromatic rings. The number of carbonyl (C=O) groups is 2. The number of nitrogens with one attached hydrogen (secondary N) is 2. The SMILES string of the molecule is Cc1ccc(C)n1NC(=O)c1ccc(OCC(=O)N[C@H]2CCCc3ccccc32)cc1. The molecule has 0 saturated heterocycles. The van der Waals surface area contributed by atoms with Gasteiger partial charge in [-0.2, -0.15) is 0 Å². The highest BCUT2D eigenvalue weighted by Crippen LogP contribution is 2.29. The monoisotopic (exact) mass is 417 g/mol. The quantitative estimate of drug-likeness (QED) is 0.635. The van der Waals surface area contributed by atoms with E-state index in [1.807, 2.05) is 38.1 Å². The summed E-state index contributed by atoms with van der Waals surface area (Å²) in [5, 5.41) is 3.08. The number of aryl methyl sites for hydroxylation is 3. The lowest BCUT2D eigenvalue weighted by Gasteiger charge is -2.26. The molecule has 0 bridgehead atoms. The van der Waals surface area contributed by atoms with E-state index in [1.54, 1.807) is 28.9 Å². The van der Waals surface area contributed by atoms with Crippen molar-refractivity contribution >= 4 is 11.8 Å². The van der Waals surface area contributed by atoms with Gasteiger partial charge in [0, 0.05) is 17.0 Å². The predicted molar refractivity (Wildman–Crippen MR) is 120 cm³/mol. The maximum atomic E-state index is 12.5. The molecule has 31 heavy (non-hydrogen) atoms. The van der Waals surface area contributed by atoms with Gasteiger partial charge in [-0.25, -0.2) is 0 Å². The molecule has 1 atom stereocenters. The van der Waals surface area contributed by atoms with Crippen molar-refractivity contribution in [2.45, 2.75) is 39.2 Å². The Hall–Kier alpha value is -3.54. The number of benzene rings is 2. The Balaban J connectivity index is 1.30. The molecule has 0 fully saturated rings. The third-order valence-electron chi connectivity index (χ3n) is 5.68. The molecule has 2 amide bonds. The van der Waals surface area contributed by atoms with Gasteiger partial charge in [-0.1, -0.05) is 24.3 Å². The van der Waals surface area contributed by atoms with E-state index in [4.69, 9.17) is 4.74 Å². The molecule has 1 heterocycles. The Morgan fingerprint density at radius 2 is 1.71 bits per heavy atom. The minimum absolute atomic E-state index is 0.0349. The Bertz CT molecular complexity index is 1070. The average Bonchev–Trinajstić information content (AvgIpc) is 3.10. The lowest BCUT2D eigenvalue weighted by Crippen LogP contribution is -2.34. The first-order valence-electron chi connectivity index (χ1n) is 10.6. The predicted octanol–water partition coefficient (Wildman–Crippen LogP) is 4.06. The molecule has 0 unspecified atom stereocenters. The number of hydrogen-bond donors (Lipinski definition) is 2. The molecular formula is C25H27N3O3. The van der Waals surface area contributed by atoms with Crippen molar-refractivity contribution < 1.29 is 14.3 Å². The molecule has 1 aliphatic carbocycles. The van der Waals surface area contributed by atoms with Gasteiger partial charge in [0.05, 0.1) is 6.04 Å². The number of rotatable bonds is 6. The average molecular weight is 418 g/mol. The molecule has 0 spiro atoms. The molecule has 1 aliphatic rings. The summed E-state index contributed by atoms with van der Waals surface area (Å²) in [6.07, 6.45) is 3.06. The molecule has 160 valence electrons. The van der Waals surface area contributed by atoms with Crippen molar-refractivity contribution in [3.8, 4) is 5.75 Å². The lowest BCUT2D eigenvalue weighted by molar-refractivity contribution is -0.124. The Labute approximate surface area is 182 Å². The highest BCUT2D eigenvalue weighted by Gasteiger charge is 2.21. The van der Waals surface area contributed by atoms with Crippen LogP contribution in [0.2, 0.25) is 0 Å². The zero-order chi connectivity index (χ0) is 21.8. The number of amides is 2. The fourth-order valence-corrected chi connectivity index (χ4v) is 4.00. The normalized spacial score (nSPS) is 15.1. The minimum Gasteiger partial charge on any atom is -0.484 e. The van der Waals surface area contributed by atoms with Crippen molar-refractivity contribution in [3.63, 3.8) is 0 Å². The van der Waals surface area contributed by atoms with E-state index in [2.05, 4.69) is 22.9 Å². The fraction of sp³-hybridized carbons (Fsp3) is 0.280. The van der Waals surface area contributed by atoms with Crippen molar-refractivity contribution in [2.24, 2.45) is 0 Å². The summed E-state index contributed by atoms with van der Waals surface area (Å²) in [7, 11) is 0. The van der Waals surface area contributed by atoms with E-state index in [0.29, 0.717) is 11.3 Å². The topological polar surface area (TPSA) is 72.4 Å². The fourth-order valence-electron chi connectivity index (χ4n) is 4.00. The molecule has 0 aliphatic heterocycles. The first-order chi connectivity index (χ1) is 15.0. The van der Waals surface area contributed by atoms with E-state index < -0.39 is 0 Å². The van der Waals surface area contributed by atoms with Gasteiger partial charge in [0.25, 0.3) is 11.8 Å². The zero-order valence-electron chi connectivity index (χ0n) is 17.9. The summed E-state index contributed by atoms with van der Waals surface area (Å²) in [5.41, 5.74) is 7.80. The van der Waals surface area contributed by atoms with Crippen LogP contribution in [-0.4, -0.2) is 23.1 Å². The lowest BCUT2D eigenvalue weighted by atomic mass is 9.88. The van der Waals surface area contributed by atoms with Crippen LogP contribution in [0.3, 0.4) is 0 Å². The number of carbonyl (C=O) groups excluding carboxylic acids is 2. The zero-order valence-corrected chi connectivity index (χ0v) is 17.9. The molecular weight excluding hydrogens is 390 g/mol. The number of hydrogen-bond acceptors (Lipinski definition) is 3. The first-order valence-corrected chi connectivity index (χ1v) is 10.6. The molecule has 4 rings (SSSR count). The van der Waals surface area contributed by atoms with Gasteiger partial charge in [0.15, 0.2) is 6.61 Å². The Kier molecular flexibility index (Phi) is 6.07. The summed E-state index contributed by atoms with van der Waals surface area (Å²) in [6, 6.07) is 19.0. The third kappa shape index (κ3) is 4.79. The number of fused-ring (bicyclic) bond motifs is 1. The van der Waals surface area contributed by atoms with Gasteiger partial charge in [-0.3, -0.25) is 19.7 Å². The van der Waals surface area contributed by atoms with E-state index in [9.17, 15) is 9.59 Å². The molecule has 0 saturated carbocycles. The van der Waals surface area contributed by atoms with Gasteiger partial charge in [0.2, 0.25) is 0 Å². The van der Waals surface area contributed by atoms with Crippen LogP contribution in [0.15, 0.2) is 60.7 Å². The maximum Gasteiger partial charge on any atom is 0.270 e. The van der Waals surface area contributed by atoms with Crippen LogP contribution >= 0.6 is 0 Å². The first kappa shape index (κ1) is 20.7. The van der Waals surface area contributed by atoms with Crippen LogP contribution in [0.5, 0.6) is 5.75 Å². The van der Waals surface area contributed by atoms with E-state index >= 15 is 0 Å². The third-order valence-corrected chi connectivity index (χ3v) is 5.68. The Morgan fingerprint density at radius 1 is 1.00 bits per heavy atom. The molecule has 2 aromatic carbocycles. The Morgan fingerprint density at radius 3 is 2.45 bits per heavy atom. The highest BCUT2D eigenvalue weighted by molar-refractivity contribution is 6.00. The minimum atomic E-state index is -0.206. The second-order valence-electron chi connectivity index (χ2n) is 7.92. The summed E-state index contributed by atoms with van der Waals surface area (Å²) < 4.78 is 7.38. The van der Waals surface area contributed by atoms with E-state index in [0.717, 1.165) is 30.7 Å². The largest absolute Gasteiger partial charge is 0.484 e. The van der Waals surface area contributed by atoms with Gasteiger partial charge < -0.3 is 10.1 Å². The van der Waals surface area contributed by atoms with Gasteiger partial charge in [0.1, 0.15) is 5.75 Å². The van der Waals surface area contributed by atoms with Crippen LogP contribution in [0.4, 0.5) is 0 Å². The molecule has 1 aromatic heterocycles. The van der Waals surface area contributed by atoms with Gasteiger partial charge in [-0.05, 0) is 80.6 Å². The molecule has 0 radical (unpaired) electrons. The second-order valence-corrected chi connectivity index (χ2v) is 7.92. The van der Waals surface area contributed by atoms with Crippen molar-refractivity contribution in [1.29, 1.82) is 0 Å². The highest BCUT2D eigenvalue weighted by atomic mass is 16.5. The van der Waals surface area contributed by atoms with Crippen LogP contribution in [0, 0.1) is 13.8 Å². The van der Waals surface area contributed by atoms with Gasteiger partial charge in [-0.15, -0.1) is 0 Å².